The van der Waals surface area contributed by atoms with E-state index in [-0.39, 0.29) is 5.78 Å². The molecule has 1 aliphatic carbocycles. The Morgan fingerprint density at radius 3 is 2.40 bits per heavy atom. The van der Waals surface area contributed by atoms with Gasteiger partial charge in [-0.2, -0.15) is 0 Å². The van der Waals surface area contributed by atoms with Gasteiger partial charge in [0.15, 0.2) is 5.78 Å². The van der Waals surface area contributed by atoms with Crippen molar-refractivity contribution in [2.45, 2.75) is 26.7 Å². The molecule has 0 saturated carbocycles. The summed E-state index contributed by atoms with van der Waals surface area (Å²) in [6.07, 6.45) is 1.49. The van der Waals surface area contributed by atoms with Crippen LogP contribution in [0.5, 0.6) is 0 Å². The Kier molecular flexibility index (Phi) is 3.65. The van der Waals surface area contributed by atoms with Crippen LogP contribution in [0.2, 0.25) is 0 Å². The number of carbonyl (C=O) groups is 1. The Morgan fingerprint density at radius 1 is 1.10 bits per heavy atom. The van der Waals surface area contributed by atoms with Crippen LogP contribution in [0.3, 0.4) is 0 Å². The zero-order valence-electron chi connectivity index (χ0n) is 11.5. The molecule has 102 valence electrons. The quantitative estimate of drug-likeness (QED) is 0.711. The summed E-state index contributed by atoms with van der Waals surface area (Å²) in [4.78, 5) is 14.8. The Hall–Kier alpha value is -1.19. The summed E-state index contributed by atoms with van der Waals surface area (Å²) in [5.74, 6) is 0.281. The topological polar surface area (TPSA) is 17.1 Å². The number of allylic oxidation sites excluding steroid dienone is 2. The van der Waals surface area contributed by atoms with E-state index in [9.17, 15) is 4.79 Å². The minimum Gasteiger partial charge on any atom is -0.294 e. The summed E-state index contributed by atoms with van der Waals surface area (Å²) < 4.78 is 1.07. The van der Waals surface area contributed by atoms with Crippen molar-refractivity contribution >= 4 is 44.2 Å². The summed E-state index contributed by atoms with van der Waals surface area (Å²) in [5, 5.41) is 0. The summed E-state index contributed by atoms with van der Waals surface area (Å²) in [6, 6.07) is 10.4. The third kappa shape index (κ3) is 2.40. The van der Waals surface area contributed by atoms with Crippen LogP contribution < -0.4 is 0 Å². The van der Waals surface area contributed by atoms with E-state index in [0.717, 1.165) is 27.6 Å². The van der Waals surface area contributed by atoms with Crippen molar-refractivity contribution in [1.82, 2.24) is 0 Å². The average molecular weight is 347 g/mol. The highest BCUT2D eigenvalue weighted by atomic mass is 79.9. The second-order valence-electron chi connectivity index (χ2n) is 5.11. The number of benzene rings is 1. The third-order valence-electron chi connectivity index (χ3n) is 3.69. The summed E-state index contributed by atoms with van der Waals surface area (Å²) in [7, 11) is 0. The molecule has 0 bridgehead atoms. The maximum absolute atomic E-state index is 12.3. The van der Waals surface area contributed by atoms with Crippen molar-refractivity contribution in [2.24, 2.45) is 0 Å². The molecule has 0 radical (unpaired) electrons. The van der Waals surface area contributed by atoms with E-state index in [1.807, 2.05) is 12.1 Å². The van der Waals surface area contributed by atoms with Crippen molar-refractivity contribution < 1.29 is 4.79 Å². The normalized spacial score (nSPS) is 15.2. The smallest absolute Gasteiger partial charge is 0.164 e. The monoisotopic (exact) mass is 346 g/mol. The van der Waals surface area contributed by atoms with E-state index in [0.29, 0.717) is 6.42 Å². The van der Waals surface area contributed by atoms with Crippen LogP contribution in [0, 0.1) is 13.8 Å². The molecule has 1 aromatic heterocycles. The third-order valence-corrected chi connectivity index (χ3v) is 5.18. The summed E-state index contributed by atoms with van der Waals surface area (Å²) in [6.45, 7) is 4.20. The van der Waals surface area contributed by atoms with Crippen LogP contribution in [-0.2, 0) is 4.79 Å². The predicted molar refractivity (Wildman–Crippen MR) is 89.0 cm³/mol. The SMILES string of the molecule is Cc1cc(C2=C(c3ccc(Br)cc3)CCC2=O)c(C)s1. The number of hydrogen-bond acceptors (Lipinski definition) is 2. The lowest BCUT2D eigenvalue weighted by Crippen LogP contribution is -1.96. The second kappa shape index (κ2) is 5.30. The van der Waals surface area contributed by atoms with Gasteiger partial charge in [-0.1, -0.05) is 28.1 Å². The molecule has 20 heavy (non-hydrogen) atoms. The molecule has 1 nitrogen and oxygen atoms in total. The first-order valence-corrected chi connectivity index (χ1v) is 8.27. The number of thiophene rings is 1. The van der Waals surface area contributed by atoms with Gasteiger partial charge < -0.3 is 0 Å². The standard InChI is InChI=1S/C17H15BrOS/c1-10-9-15(11(2)20-10)17-14(7-8-16(17)19)12-3-5-13(18)6-4-12/h3-6,9H,7-8H2,1-2H3. The first kappa shape index (κ1) is 13.8. The van der Waals surface area contributed by atoms with Crippen molar-refractivity contribution in [1.29, 1.82) is 0 Å². The number of halogens is 1. The van der Waals surface area contributed by atoms with E-state index in [4.69, 9.17) is 0 Å². The highest BCUT2D eigenvalue weighted by Gasteiger charge is 2.27. The Labute approximate surface area is 131 Å². The van der Waals surface area contributed by atoms with Gasteiger partial charge in [0.2, 0.25) is 0 Å². The molecular formula is C17H15BrOS. The maximum atomic E-state index is 12.3. The molecule has 2 aromatic rings. The van der Waals surface area contributed by atoms with Crippen LogP contribution in [-0.4, -0.2) is 5.78 Å². The Morgan fingerprint density at radius 2 is 1.80 bits per heavy atom. The largest absolute Gasteiger partial charge is 0.294 e. The maximum Gasteiger partial charge on any atom is 0.164 e. The molecule has 3 rings (SSSR count). The number of rotatable bonds is 2. The van der Waals surface area contributed by atoms with Gasteiger partial charge in [-0.05, 0) is 55.2 Å². The minimum absolute atomic E-state index is 0.281. The van der Waals surface area contributed by atoms with E-state index < -0.39 is 0 Å². The molecule has 0 saturated heterocycles. The second-order valence-corrected chi connectivity index (χ2v) is 7.49. The molecule has 1 aromatic carbocycles. The number of carbonyl (C=O) groups excluding carboxylic acids is 1. The Balaban J connectivity index is 2.17. The molecule has 3 heteroatoms. The van der Waals surface area contributed by atoms with Gasteiger partial charge in [-0.25, -0.2) is 0 Å². The predicted octanol–water partition coefficient (Wildman–Crippen LogP) is 5.40. The van der Waals surface area contributed by atoms with E-state index >= 15 is 0 Å². The van der Waals surface area contributed by atoms with Crippen LogP contribution in [0.1, 0.15) is 33.7 Å². The fourth-order valence-corrected chi connectivity index (χ4v) is 3.98. The van der Waals surface area contributed by atoms with E-state index in [2.05, 4.69) is 48.0 Å². The van der Waals surface area contributed by atoms with Crippen LogP contribution in [0.25, 0.3) is 11.1 Å². The molecule has 1 aliphatic rings. The van der Waals surface area contributed by atoms with Gasteiger partial charge in [0.1, 0.15) is 0 Å². The number of hydrogen-bond donors (Lipinski definition) is 0. The van der Waals surface area contributed by atoms with Gasteiger partial charge >= 0.3 is 0 Å². The first-order chi connectivity index (χ1) is 9.56. The van der Waals surface area contributed by atoms with Crippen molar-refractivity contribution in [3.8, 4) is 0 Å². The number of Topliss-reactive ketones (excluding diaryl/α,β-unsaturated/α-hetero) is 1. The average Bonchev–Trinajstić information content (AvgIpc) is 2.93. The molecule has 0 N–H and O–H groups in total. The van der Waals surface area contributed by atoms with Crippen LogP contribution in [0.15, 0.2) is 34.8 Å². The van der Waals surface area contributed by atoms with Gasteiger partial charge in [-0.15, -0.1) is 11.3 Å². The van der Waals surface area contributed by atoms with Gasteiger partial charge in [0.25, 0.3) is 0 Å². The van der Waals surface area contributed by atoms with Gasteiger partial charge in [-0.3, -0.25) is 4.79 Å². The van der Waals surface area contributed by atoms with E-state index in [1.54, 1.807) is 11.3 Å². The molecule has 0 atom stereocenters. The number of ketones is 1. The lowest BCUT2D eigenvalue weighted by atomic mass is 9.97. The van der Waals surface area contributed by atoms with Crippen molar-refractivity contribution in [3.05, 3.63) is 55.7 Å². The highest BCUT2D eigenvalue weighted by molar-refractivity contribution is 9.10. The summed E-state index contributed by atoms with van der Waals surface area (Å²) in [5.41, 5.74) is 4.43. The first-order valence-electron chi connectivity index (χ1n) is 6.66. The molecule has 0 unspecified atom stereocenters. The van der Waals surface area contributed by atoms with Crippen molar-refractivity contribution in [2.75, 3.05) is 0 Å². The zero-order chi connectivity index (χ0) is 14.3. The molecule has 0 amide bonds. The van der Waals surface area contributed by atoms with Gasteiger partial charge in [0.05, 0.1) is 0 Å². The molecule has 0 fully saturated rings. The van der Waals surface area contributed by atoms with Gasteiger partial charge in [0, 0.05) is 26.2 Å². The van der Waals surface area contributed by atoms with Crippen molar-refractivity contribution in [3.63, 3.8) is 0 Å². The zero-order valence-corrected chi connectivity index (χ0v) is 13.9. The molecule has 0 aliphatic heterocycles. The minimum atomic E-state index is 0.281. The lowest BCUT2D eigenvalue weighted by molar-refractivity contribution is -0.113. The van der Waals surface area contributed by atoms with Crippen LogP contribution in [0.4, 0.5) is 0 Å². The lowest BCUT2D eigenvalue weighted by Gasteiger charge is -2.07. The molecule has 0 spiro atoms. The van der Waals surface area contributed by atoms with E-state index in [1.165, 1.54) is 15.3 Å². The fourth-order valence-electron chi connectivity index (χ4n) is 2.79. The molecular weight excluding hydrogens is 332 g/mol. The Bertz CT molecular complexity index is 707. The fraction of sp³-hybridized carbons (Fsp3) is 0.235. The van der Waals surface area contributed by atoms with Crippen LogP contribution >= 0.6 is 27.3 Å². The highest BCUT2D eigenvalue weighted by Crippen LogP contribution is 2.40. The summed E-state index contributed by atoms with van der Waals surface area (Å²) >= 11 is 5.22. The molecule has 1 heterocycles. The number of aryl methyl sites for hydroxylation is 2.